The molecule has 1 aromatic heterocycles. The van der Waals surface area contributed by atoms with Crippen LogP contribution in [0.1, 0.15) is 29.3 Å². The van der Waals surface area contributed by atoms with Gasteiger partial charge in [-0.05, 0) is 37.1 Å². The third-order valence-electron chi connectivity index (χ3n) is 4.73. The van der Waals surface area contributed by atoms with Gasteiger partial charge in [-0.15, -0.1) is 0 Å². The number of para-hydroxylation sites is 1. The van der Waals surface area contributed by atoms with E-state index in [2.05, 4.69) is 25.9 Å². The largest absolute Gasteiger partial charge is 0.323 e. The normalized spacial score (nSPS) is 19.7. The maximum absolute atomic E-state index is 12.2. The molecule has 4 rings (SSSR count). The first-order valence-corrected chi connectivity index (χ1v) is 9.19. The Labute approximate surface area is 162 Å². The van der Waals surface area contributed by atoms with Gasteiger partial charge in [0.25, 0.3) is 0 Å². The predicted molar refractivity (Wildman–Crippen MR) is 107 cm³/mol. The third-order valence-corrected chi connectivity index (χ3v) is 4.98. The van der Waals surface area contributed by atoms with E-state index in [0.717, 1.165) is 27.7 Å². The number of halogens is 1. The van der Waals surface area contributed by atoms with Crippen molar-refractivity contribution in [3.63, 3.8) is 0 Å². The predicted octanol–water partition coefficient (Wildman–Crippen LogP) is 3.45. The molecular formula is C20H20ClN5O. The lowest BCUT2D eigenvalue weighted by Crippen LogP contribution is -2.56. The van der Waals surface area contributed by atoms with Crippen molar-refractivity contribution in [3.05, 3.63) is 64.3 Å². The molecule has 3 aromatic rings. The Morgan fingerprint density at radius 1 is 1.11 bits per heavy atom. The van der Waals surface area contributed by atoms with Crippen LogP contribution in [-0.2, 0) is 4.79 Å². The molecule has 0 bridgehead atoms. The van der Waals surface area contributed by atoms with Crippen LogP contribution in [0.2, 0.25) is 5.02 Å². The molecule has 7 heteroatoms. The van der Waals surface area contributed by atoms with E-state index >= 15 is 0 Å². The van der Waals surface area contributed by atoms with E-state index in [4.69, 9.17) is 11.6 Å². The zero-order valence-electron chi connectivity index (χ0n) is 15.1. The topological polar surface area (TPSA) is 78.9 Å². The van der Waals surface area contributed by atoms with E-state index in [1.54, 1.807) is 0 Å². The van der Waals surface area contributed by atoms with Crippen LogP contribution in [0.5, 0.6) is 0 Å². The number of carbonyl (C=O) groups is 1. The minimum absolute atomic E-state index is 0.0418. The van der Waals surface area contributed by atoms with Gasteiger partial charge < -0.3 is 10.6 Å². The van der Waals surface area contributed by atoms with Crippen molar-refractivity contribution in [1.29, 1.82) is 0 Å². The van der Waals surface area contributed by atoms with Crippen LogP contribution >= 0.6 is 11.6 Å². The van der Waals surface area contributed by atoms with Gasteiger partial charge in [-0.1, -0.05) is 41.9 Å². The fourth-order valence-electron chi connectivity index (χ4n) is 3.34. The zero-order valence-corrected chi connectivity index (χ0v) is 15.8. The lowest BCUT2D eigenvalue weighted by Gasteiger charge is -2.32. The summed E-state index contributed by atoms with van der Waals surface area (Å²) < 4.78 is 0. The summed E-state index contributed by atoms with van der Waals surface area (Å²) >= 11 is 5.96. The minimum atomic E-state index is -0.465. The lowest BCUT2D eigenvalue weighted by molar-refractivity contribution is -0.124. The Bertz CT molecular complexity index is 1010. The molecule has 138 valence electrons. The van der Waals surface area contributed by atoms with Gasteiger partial charge in [0, 0.05) is 22.9 Å². The van der Waals surface area contributed by atoms with Crippen LogP contribution in [0.15, 0.2) is 42.5 Å². The molecule has 3 N–H and O–H groups in total. The number of nitrogens with zero attached hydrogens (tertiary/aromatic N) is 2. The van der Waals surface area contributed by atoms with Gasteiger partial charge in [-0.2, -0.15) is 0 Å². The summed E-state index contributed by atoms with van der Waals surface area (Å²) in [7, 11) is 0. The van der Waals surface area contributed by atoms with E-state index in [1.165, 1.54) is 0 Å². The number of carbonyl (C=O) groups excluding carboxylic acids is 1. The Morgan fingerprint density at radius 3 is 2.67 bits per heavy atom. The highest BCUT2D eigenvalue weighted by molar-refractivity contribution is 6.30. The number of aryl methyl sites for hydroxylation is 2. The van der Waals surface area contributed by atoms with Gasteiger partial charge in [0.15, 0.2) is 6.29 Å². The summed E-state index contributed by atoms with van der Waals surface area (Å²) in [5, 5.41) is 11.2. The molecule has 0 spiro atoms. The summed E-state index contributed by atoms with van der Waals surface area (Å²) in [5.41, 5.74) is 3.89. The van der Waals surface area contributed by atoms with Crippen LogP contribution < -0.4 is 16.0 Å². The van der Waals surface area contributed by atoms with E-state index < -0.39 is 6.29 Å². The average Bonchev–Trinajstić information content (AvgIpc) is 2.63. The molecule has 2 atom stereocenters. The van der Waals surface area contributed by atoms with Crippen LogP contribution in [0.4, 0.5) is 5.95 Å². The summed E-state index contributed by atoms with van der Waals surface area (Å²) in [6, 6.07) is 13.4. The van der Waals surface area contributed by atoms with Crippen LogP contribution in [-0.4, -0.2) is 22.2 Å². The van der Waals surface area contributed by atoms with E-state index in [0.29, 0.717) is 17.4 Å². The first-order chi connectivity index (χ1) is 13.0. The van der Waals surface area contributed by atoms with Crippen LogP contribution in [0.25, 0.3) is 10.9 Å². The summed E-state index contributed by atoms with van der Waals surface area (Å²) in [6.45, 7) is 3.98. The van der Waals surface area contributed by atoms with E-state index in [9.17, 15) is 4.79 Å². The van der Waals surface area contributed by atoms with Crippen LogP contribution in [0.3, 0.4) is 0 Å². The second-order valence-electron chi connectivity index (χ2n) is 6.72. The Kier molecular flexibility index (Phi) is 4.68. The first-order valence-electron chi connectivity index (χ1n) is 8.81. The maximum Gasteiger partial charge on any atom is 0.226 e. The zero-order chi connectivity index (χ0) is 19.0. The molecule has 1 amide bonds. The summed E-state index contributed by atoms with van der Waals surface area (Å²) in [4.78, 5) is 21.4. The fourth-order valence-corrected chi connectivity index (χ4v) is 3.46. The SMILES string of the molecule is Cc1nc(NC2NC(=O)CC(c3ccc(Cl)cc3)N2)nc2c(C)cccc12. The molecule has 2 aromatic carbocycles. The highest BCUT2D eigenvalue weighted by atomic mass is 35.5. The highest BCUT2D eigenvalue weighted by Crippen LogP contribution is 2.23. The monoisotopic (exact) mass is 381 g/mol. The van der Waals surface area contributed by atoms with Gasteiger partial charge in [0.05, 0.1) is 11.2 Å². The van der Waals surface area contributed by atoms with Gasteiger partial charge in [-0.3, -0.25) is 10.1 Å². The minimum Gasteiger partial charge on any atom is -0.323 e. The summed E-state index contributed by atoms with van der Waals surface area (Å²) in [6.07, 6.45) is -0.107. The van der Waals surface area contributed by atoms with Crippen molar-refractivity contribution in [2.24, 2.45) is 0 Å². The average molecular weight is 382 g/mol. The van der Waals surface area contributed by atoms with Gasteiger partial charge in [0.1, 0.15) is 0 Å². The van der Waals surface area contributed by atoms with Crippen LogP contribution in [0, 0.1) is 13.8 Å². The Morgan fingerprint density at radius 2 is 1.89 bits per heavy atom. The molecular weight excluding hydrogens is 362 g/mol. The quantitative estimate of drug-likeness (QED) is 0.647. The molecule has 1 aliphatic heterocycles. The number of nitrogens with one attached hydrogen (secondary N) is 3. The summed E-state index contributed by atoms with van der Waals surface area (Å²) in [5.74, 6) is 0.434. The molecule has 0 saturated carbocycles. The number of rotatable bonds is 3. The number of fused-ring (bicyclic) bond motifs is 1. The van der Waals surface area contributed by atoms with Crippen molar-refractivity contribution < 1.29 is 4.79 Å². The Hall–Kier alpha value is -2.70. The van der Waals surface area contributed by atoms with Crippen molar-refractivity contribution in [1.82, 2.24) is 20.6 Å². The number of benzene rings is 2. The fraction of sp³-hybridized carbons (Fsp3) is 0.250. The van der Waals surface area contributed by atoms with Gasteiger partial charge >= 0.3 is 0 Å². The van der Waals surface area contributed by atoms with Crippen molar-refractivity contribution in [2.45, 2.75) is 32.6 Å². The smallest absolute Gasteiger partial charge is 0.226 e. The molecule has 2 heterocycles. The van der Waals surface area contributed by atoms with Gasteiger partial charge in [-0.25, -0.2) is 9.97 Å². The van der Waals surface area contributed by atoms with E-state index in [1.807, 2.05) is 56.3 Å². The lowest BCUT2D eigenvalue weighted by atomic mass is 10.0. The number of hydrogen-bond donors (Lipinski definition) is 3. The highest BCUT2D eigenvalue weighted by Gasteiger charge is 2.27. The standard InChI is InChI=1S/C20H20ClN5O/c1-11-4-3-5-15-12(2)22-19(25-18(11)15)26-20-23-16(10-17(27)24-20)13-6-8-14(21)9-7-13/h3-9,16,20,23H,10H2,1-2H3,(H,24,27)(H,22,25,26). The molecule has 0 aliphatic carbocycles. The maximum atomic E-state index is 12.2. The van der Waals surface area contributed by atoms with E-state index in [-0.39, 0.29) is 11.9 Å². The van der Waals surface area contributed by atoms with Gasteiger partial charge in [0.2, 0.25) is 11.9 Å². The number of hydrogen-bond acceptors (Lipinski definition) is 5. The third kappa shape index (κ3) is 3.72. The number of anilines is 1. The molecule has 6 nitrogen and oxygen atoms in total. The second kappa shape index (κ2) is 7.13. The molecule has 1 fully saturated rings. The number of aromatic nitrogens is 2. The molecule has 27 heavy (non-hydrogen) atoms. The van der Waals surface area contributed by atoms with Crippen molar-refractivity contribution in [3.8, 4) is 0 Å². The van der Waals surface area contributed by atoms with Crippen molar-refractivity contribution in [2.75, 3.05) is 5.32 Å². The second-order valence-corrected chi connectivity index (χ2v) is 7.16. The molecule has 1 aliphatic rings. The molecule has 1 saturated heterocycles. The van der Waals surface area contributed by atoms with Crippen molar-refractivity contribution >= 4 is 34.4 Å². The molecule has 2 unspecified atom stereocenters. The Balaban J connectivity index is 1.58. The molecule has 0 radical (unpaired) electrons. The number of amides is 1. The first kappa shape index (κ1) is 17.7.